The third kappa shape index (κ3) is 2.41. The lowest BCUT2D eigenvalue weighted by Gasteiger charge is -2.34. The zero-order valence-corrected chi connectivity index (χ0v) is 11.7. The van der Waals surface area contributed by atoms with Crippen molar-refractivity contribution < 1.29 is 0 Å². The van der Waals surface area contributed by atoms with E-state index < -0.39 is 0 Å². The minimum atomic E-state index is 0.241. The van der Waals surface area contributed by atoms with Gasteiger partial charge in [0.1, 0.15) is 11.0 Å². The molecule has 1 saturated heterocycles. The van der Waals surface area contributed by atoms with E-state index in [0.717, 1.165) is 38.8 Å². The van der Waals surface area contributed by atoms with E-state index in [-0.39, 0.29) is 5.92 Å². The Labute approximate surface area is 118 Å². The van der Waals surface area contributed by atoms with Gasteiger partial charge in [-0.1, -0.05) is 11.6 Å². The summed E-state index contributed by atoms with van der Waals surface area (Å²) in [6.07, 6.45) is 5.26. The van der Waals surface area contributed by atoms with Gasteiger partial charge in [0.2, 0.25) is 0 Å². The lowest BCUT2D eigenvalue weighted by molar-refractivity contribution is 0.504. The van der Waals surface area contributed by atoms with Gasteiger partial charge in [-0.2, -0.15) is 0 Å². The summed E-state index contributed by atoms with van der Waals surface area (Å²) in [5.41, 5.74) is 9.75. The van der Waals surface area contributed by atoms with Crippen LogP contribution in [0, 0.1) is 11.3 Å². The molecule has 0 radical (unpaired) electrons. The highest BCUT2D eigenvalue weighted by Gasteiger charge is 2.26. The van der Waals surface area contributed by atoms with Gasteiger partial charge in [0.05, 0.1) is 0 Å². The minimum absolute atomic E-state index is 0.241. The van der Waals surface area contributed by atoms with Crippen LogP contribution in [0.1, 0.15) is 30.5 Å². The number of fused-ring (bicyclic) bond motifs is 1. The molecule has 5 heteroatoms. The van der Waals surface area contributed by atoms with Gasteiger partial charge in [-0.25, -0.2) is 4.98 Å². The first-order chi connectivity index (χ1) is 9.15. The van der Waals surface area contributed by atoms with Crippen molar-refractivity contribution in [3.8, 4) is 0 Å². The van der Waals surface area contributed by atoms with E-state index in [9.17, 15) is 0 Å². The molecule has 0 amide bonds. The summed E-state index contributed by atoms with van der Waals surface area (Å²) in [5.74, 6) is 0.869. The van der Waals surface area contributed by atoms with Gasteiger partial charge in [0.15, 0.2) is 0 Å². The van der Waals surface area contributed by atoms with Crippen LogP contribution < -0.4 is 10.6 Å². The average molecular weight is 279 g/mol. The zero-order chi connectivity index (χ0) is 13.4. The summed E-state index contributed by atoms with van der Waals surface area (Å²) in [6, 6.07) is 2.01. The van der Waals surface area contributed by atoms with Crippen molar-refractivity contribution in [2.75, 3.05) is 23.7 Å². The molecule has 1 aliphatic heterocycles. The Morgan fingerprint density at radius 3 is 2.79 bits per heavy atom. The number of piperidine rings is 1. The molecule has 1 aromatic heterocycles. The van der Waals surface area contributed by atoms with Crippen molar-refractivity contribution in [3.05, 3.63) is 17.3 Å². The Morgan fingerprint density at radius 2 is 2.11 bits per heavy atom. The molecule has 2 aliphatic rings. The summed E-state index contributed by atoms with van der Waals surface area (Å²) in [7, 11) is 0. The van der Waals surface area contributed by atoms with E-state index in [2.05, 4.69) is 9.88 Å². The van der Waals surface area contributed by atoms with Gasteiger partial charge in [-0.15, -0.1) is 0 Å². The molecule has 2 heterocycles. The second-order valence-corrected chi connectivity index (χ2v) is 5.86. The highest BCUT2D eigenvalue weighted by Crippen LogP contribution is 2.34. The Morgan fingerprint density at radius 1 is 1.37 bits per heavy atom. The molecule has 0 bridgehead atoms. The lowest BCUT2D eigenvalue weighted by Crippen LogP contribution is -2.36. The summed E-state index contributed by atoms with van der Waals surface area (Å²) in [4.78, 5) is 6.84. The summed E-state index contributed by atoms with van der Waals surface area (Å²) in [6.45, 7) is 1.91. The number of aromatic nitrogens is 1. The smallest absolute Gasteiger partial charge is 0.125 e. The number of nitrogens with two attached hydrogens (primary N) is 1. The quantitative estimate of drug-likeness (QED) is 0.817. The number of halogens is 1. The molecule has 1 aromatic rings. The number of aryl methyl sites for hydroxylation is 1. The maximum absolute atomic E-state index is 7.53. The van der Waals surface area contributed by atoms with Crippen molar-refractivity contribution in [2.45, 2.75) is 32.1 Å². The molecule has 1 aliphatic carbocycles. The molecule has 102 valence electrons. The van der Waals surface area contributed by atoms with Crippen molar-refractivity contribution >= 4 is 28.3 Å². The van der Waals surface area contributed by atoms with Crippen molar-refractivity contribution in [2.24, 2.45) is 5.92 Å². The number of hydrogen-bond donors (Lipinski definition) is 2. The van der Waals surface area contributed by atoms with Crippen LogP contribution in [0.4, 0.5) is 11.5 Å². The molecule has 3 N–H and O–H groups in total. The van der Waals surface area contributed by atoms with E-state index in [1.165, 1.54) is 23.4 Å². The van der Waals surface area contributed by atoms with Crippen molar-refractivity contribution in [1.82, 2.24) is 4.98 Å². The number of nitrogen functional groups attached to an aromatic ring is 1. The topological polar surface area (TPSA) is 66.0 Å². The normalized spacial score (nSPS) is 19.5. The number of nitrogens with one attached hydrogen (secondary N) is 1. The highest BCUT2D eigenvalue weighted by molar-refractivity contribution is 6.65. The van der Waals surface area contributed by atoms with E-state index >= 15 is 0 Å². The molecule has 4 nitrogen and oxygen atoms in total. The Hall–Kier alpha value is -1.29. The summed E-state index contributed by atoms with van der Waals surface area (Å²) >= 11 is 5.80. The molecule has 0 unspecified atom stereocenters. The van der Waals surface area contributed by atoms with Gasteiger partial charge >= 0.3 is 0 Å². The molecule has 0 aromatic carbocycles. The molecule has 19 heavy (non-hydrogen) atoms. The number of pyridine rings is 1. The third-order valence-corrected chi connectivity index (χ3v) is 4.55. The molecule has 0 atom stereocenters. The molecule has 1 fully saturated rings. The number of rotatable bonds is 2. The summed E-state index contributed by atoms with van der Waals surface area (Å²) in [5, 5.41) is 7.84. The van der Waals surface area contributed by atoms with E-state index in [0.29, 0.717) is 11.0 Å². The first kappa shape index (κ1) is 12.7. The number of hydrogen-bond acceptors (Lipinski definition) is 4. The van der Waals surface area contributed by atoms with Crippen LogP contribution in [0.15, 0.2) is 6.07 Å². The second-order valence-electron chi connectivity index (χ2n) is 5.45. The fourth-order valence-corrected chi connectivity index (χ4v) is 3.42. The van der Waals surface area contributed by atoms with Gasteiger partial charge in [-0.3, -0.25) is 5.41 Å². The molecular weight excluding hydrogens is 260 g/mol. The van der Waals surface area contributed by atoms with Crippen molar-refractivity contribution in [3.63, 3.8) is 0 Å². The summed E-state index contributed by atoms with van der Waals surface area (Å²) < 4.78 is 0. The van der Waals surface area contributed by atoms with Gasteiger partial charge < -0.3 is 10.6 Å². The predicted octanol–water partition coefficient (Wildman–Crippen LogP) is 2.58. The van der Waals surface area contributed by atoms with E-state index in [1.54, 1.807) is 0 Å². The SMILES string of the molecule is N=C(Cl)C1CCN(c2cc(N)nc3c2CCC3)CC1. The maximum Gasteiger partial charge on any atom is 0.125 e. The van der Waals surface area contributed by atoms with Crippen LogP contribution in [0.5, 0.6) is 0 Å². The Bertz CT molecular complexity index is 506. The van der Waals surface area contributed by atoms with Crippen molar-refractivity contribution in [1.29, 1.82) is 5.41 Å². The predicted molar refractivity (Wildman–Crippen MR) is 79.2 cm³/mol. The molecular formula is C14H19ClN4. The van der Waals surface area contributed by atoms with E-state index in [4.69, 9.17) is 22.7 Å². The Balaban J connectivity index is 1.82. The van der Waals surface area contributed by atoms with Gasteiger partial charge in [0, 0.05) is 36.5 Å². The highest BCUT2D eigenvalue weighted by atomic mass is 35.5. The third-order valence-electron chi connectivity index (χ3n) is 4.24. The molecule has 0 saturated carbocycles. The first-order valence-corrected chi connectivity index (χ1v) is 7.30. The van der Waals surface area contributed by atoms with Crippen LogP contribution >= 0.6 is 11.6 Å². The first-order valence-electron chi connectivity index (χ1n) is 6.92. The Kier molecular flexibility index (Phi) is 3.35. The fourth-order valence-electron chi connectivity index (χ4n) is 3.20. The average Bonchev–Trinajstić information content (AvgIpc) is 2.85. The van der Waals surface area contributed by atoms with Gasteiger partial charge in [0.25, 0.3) is 0 Å². The largest absolute Gasteiger partial charge is 0.384 e. The zero-order valence-electron chi connectivity index (χ0n) is 11.0. The lowest BCUT2D eigenvalue weighted by atomic mass is 9.97. The monoisotopic (exact) mass is 278 g/mol. The number of anilines is 2. The number of nitrogens with zero attached hydrogens (tertiary/aromatic N) is 2. The minimum Gasteiger partial charge on any atom is -0.384 e. The van der Waals surface area contributed by atoms with Crippen LogP contribution in [0.3, 0.4) is 0 Å². The standard InChI is InChI=1S/C14H19ClN4/c15-14(17)9-4-6-19(7-5-9)12-8-13(16)18-11-3-1-2-10(11)12/h8-9,17H,1-7H2,(H2,16,18). The van der Waals surface area contributed by atoms with Gasteiger partial charge in [-0.05, 0) is 37.7 Å². The van der Waals surface area contributed by atoms with Crippen LogP contribution in [-0.2, 0) is 12.8 Å². The molecule has 3 rings (SSSR count). The van der Waals surface area contributed by atoms with Crippen LogP contribution in [0.25, 0.3) is 0 Å². The maximum atomic E-state index is 7.53. The second kappa shape index (κ2) is 5.00. The van der Waals surface area contributed by atoms with E-state index in [1.807, 2.05) is 6.07 Å². The van der Waals surface area contributed by atoms with Crippen LogP contribution in [0.2, 0.25) is 0 Å². The fraction of sp³-hybridized carbons (Fsp3) is 0.571. The van der Waals surface area contributed by atoms with Crippen LogP contribution in [-0.4, -0.2) is 23.2 Å². The molecule has 0 spiro atoms.